The molecule has 0 aliphatic carbocycles. The number of hydrogen-bond donors (Lipinski definition) is 2. The van der Waals surface area contributed by atoms with Crippen molar-refractivity contribution < 1.29 is 13.2 Å². The number of benzene rings is 2. The van der Waals surface area contributed by atoms with Crippen LogP contribution in [0.1, 0.15) is 11.1 Å². The van der Waals surface area contributed by atoms with Gasteiger partial charge in [0, 0.05) is 11.4 Å². The fourth-order valence-corrected chi connectivity index (χ4v) is 4.15. The van der Waals surface area contributed by atoms with Crippen molar-refractivity contribution in [2.24, 2.45) is 0 Å². The molecule has 0 fully saturated rings. The predicted octanol–water partition coefficient (Wildman–Crippen LogP) is 2.52. The molecule has 1 aliphatic heterocycles. The summed E-state index contributed by atoms with van der Waals surface area (Å²) in [6.45, 7) is 2.18. The van der Waals surface area contributed by atoms with Crippen LogP contribution in [-0.4, -0.2) is 20.1 Å². The average Bonchev–Trinajstić information content (AvgIpc) is 2.52. The van der Waals surface area contributed by atoms with Crippen LogP contribution in [0, 0.1) is 6.92 Å². The fraction of sp³-hybridized carbons (Fsp3) is 0.188. The Bertz CT molecular complexity index is 863. The van der Waals surface area contributed by atoms with E-state index in [4.69, 9.17) is 0 Å². The minimum Gasteiger partial charge on any atom is -0.324 e. The number of nitrogens with one attached hydrogen (secondary N) is 2. The normalized spacial score (nSPS) is 14.2. The van der Waals surface area contributed by atoms with E-state index in [2.05, 4.69) is 10.0 Å². The highest BCUT2D eigenvalue weighted by Crippen LogP contribution is 2.33. The molecule has 2 aromatic carbocycles. The Morgan fingerprint density at radius 1 is 1.22 bits per heavy atom. The first-order valence-electron chi connectivity index (χ1n) is 7.06. The first-order chi connectivity index (χ1) is 10.9. The number of carbonyl (C=O) groups is 1. The summed E-state index contributed by atoms with van der Waals surface area (Å²) < 4.78 is 27.4. The Hall–Kier alpha value is -1.83. The van der Waals surface area contributed by atoms with Gasteiger partial charge in [-0.1, -0.05) is 29.8 Å². The maximum atomic E-state index is 12.4. The Morgan fingerprint density at radius 2 is 2.04 bits per heavy atom. The summed E-state index contributed by atoms with van der Waals surface area (Å²) in [6, 6.07) is 12.4. The van der Waals surface area contributed by atoms with Crippen LogP contribution in [0.5, 0.6) is 0 Å². The van der Waals surface area contributed by atoms with Gasteiger partial charge in [-0.15, -0.1) is 11.8 Å². The molecule has 1 aliphatic rings. The molecule has 0 atom stereocenters. The SMILES string of the molecule is Cc1cccc(CNS(=O)(=O)c2ccc3c(c2)NC(=O)CS3)c1. The van der Waals surface area contributed by atoms with Crippen molar-refractivity contribution in [3.8, 4) is 0 Å². The number of thioether (sulfide) groups is 1. The van der Waals surface area contributed by atoms with Gasteiger partial charge in [0.15, 0.2) is 0 Å². The van der Waals surface area contributed by atoms with Crippen molar-refractivity contribution >= 4 is 33.4 Å². The Balaban J connectivity index is 1.80. The number of hydrogen-bond acceptors (Lipinski definition) is 4. The monoisotopic (exact) mass is 348 g/mol. The lowest BCUT2D eigenvalue weighted by Crippen LogP contribution is -2.24. The van der Waals surface area contributed by atoms with Crippen LogP contribution in [0.25, 0.3) is 0 Å². The van der Waals surface area contributed by atoms with Crippen molar-refractivity contribution in [2.75, 3.05) is 11.1 Å². The molecule has 0 unspecified atom stereocenters. The van der Waals surface area contributed by atoms with Crippen LogP contribution in [0.15, 0.2) is 52.3 Å². The molecule has 23 heavy (non-hydrogen) atoms. The lowest BCUT2D eigenvalue weighted by molar-refractivity contribution is -0.113. The summed E-state index contributed by atoms with van der Waals surface area (Å²) in [6.07, 6.45) is 0. The van der Waals surface area contributed by atoms with Crippen molar-refractivity contribution in [3.05, 3.63) is 53.6 Å². The third kappa shape index (κ3) is 3.74. The molecule has 5 nitrogen and oxygen atoms in total. The smallest absolute Gasteiger partial charge is 0.240 e. The van der Waals surface area contributed by atoms with Gasteiger partial charge in [-0.2, -0.15) is 0 Å². The highest BCUT2D eigenvalue weighted by Gasteiger charge is 2.20. The zero-order valence-corrected chi connectivity index (χ0v) is 14.1. The number of anilines is 1. The molecule has 0 aromatic heterocycles. The van der Waals surface area contributed by atoms with Gasteiger partial charge < -0.3 is 5.32 Å². The van der Waals surface area contributed by atoms with E-state index in [1.807, 2.05) is 31.2 Å². The predicted molar refractivity (Wildman–Crippen MR) is 91.0 cm³/mol. The molecule has 7 heteroatoms. The summed E-state index contributed by atoms with van der Waals surface area (Å²) in [7, 11) is -3.63. The Morgan fingerprint density at radius 3 is 2.83 bits per heavy atom. The van der Waals surface area contributed by atoms with Crippen LogP contribution in [0.2, 0.25) is 0 Å². The average molecular weight is 348 g/mol. The van der Waals surface area contributed by atoms with E-state index in [0.29, 0.717) is 11.4 Å². The molecular formula is C16H16N2O3S2. The zero-order chi connectivity index (χ0) is 16.4. The quantitative estimate of drug-likeness (QED) is 0.890. The summed E-state index contributed by atoms with van der Waals surface area (Å²) >= 11 is 1.40. The minimum absolute atomic E-state index is 0.121. The second-order valence-electron chi connectivity index (χ2n) is 5.31. The van der Waals surface area contributed by atoms with Crippen molar-refractivity contribution in [3.63, 3.8) is 0 Å². The van der Waals surface area contributed by atoms with E-state index >= 15 is 0 Å². The summed E-state index contributed by atoms with van der Waals surface area (Å²) in [4.78, 5) is 12.5. The van der Waals surface area contributed by atoms with Gasteiger partial charge in [-0.3, -0.25) is 4.79 Å². The molecule has 0 saturated heterocycles. The molecular weight excluding hydrogens is 332 g/mol. The summed E-state index contributed by atoms with van der Waals surface area (Å²) in [5.74, 6) is 0.231. The number of amides is 1. The topological polar surface area (TPSA) is 75.3 Å². The summed E-state index contributed by atoms with van der Waals surface area (Å²) in [5, 5.41) is 2.70. The molecule has 0 saturated carbocycles. The Kier molecular flexibility index (Phi) is 4.43. The van der Waals surface area contributed by atoms with Crippen molar-refractivity contribution in [1.29, 1.82) is 0 Å². The molecule has 3 rings (SSSR count). The number of carbonyl (C=O) groups excluding carboxylic acids is 1. The lowest BCUT2D eigenvalue weighted by Gasteiger charge is -2.17. The van der Waals surface area contributed by atoms with Gasteiger partial charge >= 0.3 is 0 Å². The number of sulfonamides is 1. The number of rotatable bonds is 4. The fourth-order valence-electron chi connectivity index (χ4n) is 2.31. The molecule has 0 radical (unpaired) electrons. The van der Waals surface area contributed by atoms with Gasteiger partial charge in [0.25, 0.3) is 0 Å². The van der Waals surface area contributed by atoms with Crippen molar-refractivity contribution in [2.45, 2.75) is 23.3 Å². The number of fused-ring (bicyclic) bond motifs is 1. The van der Waals surface area contributed by atoms with Gasteiger partial charge in [-0.05, 0) is 30.7 Å². The van der Waals surface area contributed by atoms with Crippen LogP contribution >= 0.6 is 11.8 Å². The van der Waals surface area contributed by atoms with E-state index in [0.717, 1.165) is 16.0 Å². The van der Waals surface area contributed by atoms with Gasteiger partial charge in [0.05, 0.1) is 16.3 Å². The van der Waals surface area contributed by atoms with Crippen LogP contribution < -0.4 is 10.0 Å². The summed E-state index contributed by atoms with van der Waals surface area (Å²) in [5.41, 5.74) is 2.52. The highest BCUT2D eigenvalue weighted by molar-refractivity contribution is 8.00. The van der Waals surface area contributed by atoms with Crippen LogP contribution in [0.4, 0.5) is 5.69 Å². The second kappa shape index (κ2) is 6.35. The molecule has 2 aromatic rings. The van der Waals surface area contributed by atoms with Crippen molar-refractivity contribution in [1.82, 2.24) is 4.72 Å². The van der Waals surface area contributed by atoms with Gasteiger partial charge in [0.2, 0.25) is 15.9 Å². The second-order valence-corrected chi connectivity index (χ2v) is 8.09. The molecule has 0 spiro atoms. The standard InChI is InChI=1S/C16H16N2O3S2/c1-11-3-2-4-12(7-11)9-17-23(20,21)13-5-6-15-14(8-13)18-16(19)10-22-15/h2-8,17H,9-10H2,1H3,(H,18,19). The molecule has 2 N–H and O–H groups in total. The van der Waals surface area contributed by atoms with E-state index in [-0.39, 0.29) is 17.3 Å². The first-order valence-corrected chi connectivity index (χ1v) is 9.53. The minimum atomic E-state index is -3.63. The van der Waals surface area contributed by atoms with E-state index in [9.17, 15) is 13.2 Å². The van der Waals surface area contributed by atoms with E-state index < -0.39 is 10.0 Å². The molecule has 1 amide bonds. The van der Waals surface area contributed by atoms with Crippen LogP contribution in [-0.2, 0) is 21.4 Å². The first kappa shape index (κ1) is 16.0. The van der Waals surface area contributed by atoms with E-state index in [1.54, 1.807) is 12.1 Å². The molecule has 1 heterocycles. The molecule has 120 valence electrons. The lowest BCUT2D eigenvalue weighted by atomic mass is 10.1. The maximum Gasteiger partial charge on any atom is 0.240 e. The van der Waals surface area contributed by atoms with E-state index in [1.165, 1.54) is 17.8 Å². The van der Waals surface area contributed by atoms with Gasteiger partial charge in [-0.25, -0.2) is 13.1 Å². The Labute approximate surface area is 139 Å². The largest absolute Gasteiger partial charge is 0.324 e. The van der Waals surface area contributed by atoms with Crippen LogP contribution in [0.3, 0.4) is 0 Å². The third-order valence-electron chi connectivity index (χ3n) is 3.44. The molecule has 0 bridgehead atoms. The number of aryl methyl sites for hydroxylation is 1. The maximum absolute atomic E-state index is 12.4. The zero-order valence-electron chi connectivity index (χ0n) is 12.5. The third-order valence-corrected chi connectivity index (χ3v) is 5.92. The highest BCUT2D eigenvalue weighted by atomic mass is 32.2. The van der Waals surface area contributed by atoms with Gasteiger partial charge in [0.1, 0.15) is 0 Å².